The van der Waals surface area contributed by atoms with E-state index < -0.39 is 0 Å². The predicted octanol–water partition coefficient (Wildman–Crippen LogP) is 27.5. The third kappa shape index (κ3) is 16.9. The lowest BCUT2D eigenvalue weighted by Crippen LogP contribution is -2.12. The van der Waals surface area contributed by atoms with Gasteiger partial charge < -0.3 is 24.5 Å². The highest BCUT2D eigenvalue weighted by Crippen LogP contribution is 2.42. The monoisotopic (exact) mass is 1300 g/mol. The highest BCUT2D eigenvalue weighted by Gasteiger charge is 2.19. The number of nitrogens with zero attached hydrogens (tertiary/aromatic N) is 5. The second kappa shape index (κ2) is 31.5. The van der Waals surface area contributed by atoms with Gasteiger partial charge in [0.1, 0.15) is 0 Å². The molecular formula is C95H89N5. The van der Waals surface area contributed by atoms with Crippen molar-refractivity contribution in [3.63, 3.8) is 0 Å². The van der Waals surface area contributed by atoms with Gasteiger partial charge in [0, 0.05) is 85.3 Å². The molecule has 0 amide bonds. The molecule has 0 aliphatic rings. The van der Waals surface area contributed by atoms with Crippen molar-refractivity contribution in [2.45, 2.75) is 76.2 Å². The summed E-state index contributed by atoms with van der Waals surface area (Å²) in [5.41, 5.74) is 33.5. The van der Waals surface area contributed by atoms with E-state index in [2.05, 4.69) is 440 Å². The van der Waals surface area contributed by atoms with Gasteiger partial charge in [-0.05, 0) is 286 Å². The Hall–Kier alpha value is -11.9. The molecule has 0 N–H and O–H groups in total. The number of benzene rings is 14. The van der Waals surface area contributed by atoms with Crippen LogP contribution in [0.2, 0.25) is 0 Å². The van der Waals surface area contributed by atoms with Crippen LogP contribution in [0.5, 0.6) is 0 Å². The quantitative estimate of drug-likeness (QED) is 0.0955. The lowest BCUT2D eigenvalue weighted by atomic mass is 10.0. The number of rotatable bonds is 16. The topological polar surface area (TPSA) is 16.2 Å². The van der Waals surface area contributed by atoms with E-state index in [4.69, 9.17) is 0 Å². The van der Waals surface area contributed by atoms with Crippen LogP contribution in [-0.4, -0.2) is 0 Å². The molecule has 100 heavy (non-hydrogen) atoms. The zero-order chi connectivity index (χ0) is 69.7. The molecule has 0 bridgehead atoms. The van der Waals surface area contributed by atoms with Gasteiger partial charge >= 0.3 is 0 Å². The first-order chi connectivity index (χ1) is 48.5. The lowest BCUT2D eigenvalue weighted by molar-refractivity contribution is 1.24. The van der Waals surface area contributed by atoms with E-state index in [9.17, 15) is 0 Å². The van der Waals surface area contributed by atoms with E-state index >= 15 is 0 Å². The third-order valence-electron chi connectivity index (χ3n) is 18.1. The largest absolute Gasteiger partial charge is 0.311 e. The number of anilines is 15. The van der Waals surface area contributed by atoms with Crippen molar-refractivity contribution in [3.8, 4) is 11.1 Å². The molecule has 0 aromatic heterocycles. The molecule has 0 unspecified atom stereocenters. The molecule has 0 spiro atoms. The highest BCUT2D eigenvalue weighted by molar-refractivity contribution is 5.84. The highest BCUT2D eigenvalue weighted by atomic mass is 15.2. The van der Waals surface area contributed by atoms with Crippen molar-refractivity contribution in [2.24, 2.45) is 0 Å². The fourth-order valence-electron chi connectivity index (χ4n) is 12.4. The van der Waals surface area contributed by atoms with Gasteiger partial charge in [-0.2, -0.15) is 0 Å². The molecule has 14 aromatic rings. The molecule has 0 radical (unpaired) electrons. The van der Waals surface area contributed by atoms with Crippen LogP contribution in [0.4, 0.5) is 85.3 Å². The third-order valence-corrected chi connectivity index (χ3v) is 18.1. The van der Waals surface area contributed by atoms with Gasteiger partial charge in [-0.25, -0.2) is 0 Å². The van der Waals surface area contributed by atoms with E-state index in [1.54, 1.807) is 0 Å². The SMILES string of the molecule is Cc1ccc(N(c2ccc(C)cc2)c2ccc(-c3ccc(N(c4ccc(C)cc4)c4ccc(C)cc4)cc3)cc2)cc1.Cc1ccc(N(c2ccc(C)cc2)c2ccc(N(c3ccc(C)cc3)c3ccc(C)cc3)cc2)cc1.Cc1cccc(N(c2cccc(C)c2)c2cccc(C)c2)c1. The Morgan fingerprint density at radius 1 is 0.120 bits per heavy atom. The van der Waals surface area contributed by atoms with Crippen LogP contribution in [0, 0.1) is 76.2 Å². The van der Waals surface area contributed by atoms with Crippen molar-refractivity contribution >= 4 is 85.3 Å². The summed E-state index contributed by atoms with van der Waals surface area (Å²) in [6, 6.07) is 122. The predicted molar refractivity (Wildman–Crippen MR) is 430 cm³/mol. The minimum Gasteiger partial charge on any atom is -0.311 e. The average molecular weight is 1300 g/mol. The maximum absolute atomic E-state index is 2.31. The summed E-state index contributed by atoms with van der Waals surface area (Å²) >= 11 is 0. The summed E-state index contributed by atoms with van der Waals surface area (Å²) < 4.78 is 0. The Balaban J connectivity index is 0.000000149. The van der Waals surface area contributed by atoms with Crippen LogP contribution in [0.15, 0.2) is 340 Å². The van der Waals surface area contributed by atoms with Crippen LogP contribution in [-0.2, 0) is 0 Å². The minimum absolute atomic E-state index is 1.12. The molecule has 5 nitrogen and oxygen atoms in total. The maximum Gasteiger partial charge on any atom is 0.0464 e. The molecule has 14 rings (SSSR count). The van der Waals surface area contributed by atoms with Crippen molar-refractivity contribution in [3.05, 3.63) is 401 Å². The van der Waals surface area contributed by atoms with E-state index in [-0.39, 0.29) is 0 Å². The van der Waals surface area contributed by atoms with Crippen molar-refractivity contribution < 1.29 is 0 Å². The van der Waals surface area contributed by atoms with Crippen LogP contribution in [0.3, 0.4) is 0 Å². The Morgan fingerprint density at radius 3 is 0.400 bits per heavy atom. The fourth-order valence-corrected chi connectivity index (χ4v) is 12.4. The normalized spacial score (nSPS) is 10.8. The molecule has 0 aliphatic carbocycles. The van der Waals surface area contributed by atoms with E-state index in [0.29, 0.717) is 0 Å². The molecule has 5 heteroatoms. The summed E-state index contributed by atoms with van der Waals surface area (Å²) in [4.78, 5) is 11.6. The van der Waals surface area contributed by atoms with E-state index in [1.165, 1.54) is 89.4 Å². The fraction of sp³-hybridized carbons (Fsp3) is 0.116. The van der Waals surface area contributed by atoms with Crippen LogP contribution >= 0.6 is 0 Å². The van der Waals surface area contributed by atoms with Gasteiger partial charge in [0.05, 0.1) is 0 Å². The summed E-state index contributed by atoms with van der Waals surface area (Å²) in [5, 5.41) is 0. The first kappa shape index (κ1) is 68.0. The summed E-state index contributed by atoms with van der Waals surface area (Å²) in [7, 11) is 0. The molecule has 0 saturated heterocycles. The molecule has 0 heterocycles. The second-order valence-corrected chi connectivity index (χ2v) is 26.5. The van der Waals surface area contributed by atoms with Gasteiger partial charge in [0.25, 0.3) is 0 Å². The van der Waals surface area contributed by atoms with E-state index in [0.717, 1.165) is 68.2 Å². The second-order valence-electron chi connectivity index (χ2n) is 26.5. The molecule has 0 fully saturated rings. The smallest absolute Gasteiger partial charge is 0.0464 e. The van der Waals surface area contributed by atoms with Crippen molar-refractivity contribution in [1.82, 2.24) is 0 Å². The molecule has 0 aliphatic heterocycles. The van der Waals surface area contributed by atoms with Crippen molar-refractivity contribution in [2.75, 3.05) is 24.5 Å². The molecule has 0 saturated carbocycles. The Morgan fingerprint density at radius 2 is 0.250 bits per heavy atom. The standard InChI is InChI=1S/C40H36N2.C34H32N2.C21H21N/c1-29-5-17-35(18-6-29)41(36-19-7-30(2)8-20-36)39-25-13-33(14-26-39)34-15-27-40(28-16-34)42(37-21-9-31(3)10-22-37)38-23-11-32(4)12-24-38;1-25-5-13-29(14-6-25)35(30-15-7-26(2)8-16-30)33-21-23-34(24-22-33)36(31-17-9-27(3)10-18-31)32-19-11-28(4)12-20-32;1-16-7-4-10-19(13-16)22(20-11-5-8-17(2)14-20)21-12-6-9-18(3)15-21/h5-28H,1-4H3;5-24H,1-4H3;4-15H,1-3H3. The molecular weight excluding hydrogens is 1210 g/mol. The first-order valence-corrected chi connectivity index (χ1v) is 34.6. The van der Waals surface area contributed by atoms with Crippen LogP contribution in [0.25, 0.3) is 11.1 Å². The van der Waals surface area contributed by atoms with Gasteiger partial charge in [0.15, 0.2) is 0 Å². The lowest BCUT2D eigenvalue weighted by Gasteiger charge is -2.28. The number of hydrogen-bond donors (Lipinski definition) is 0. The van der Waals surface area contributed by atoms with E-state index in [1.807, 2.05) is 0 Å². The number of hydrogen-bond acceptors (Lipinski definition) is 5. The molecule has 494 valence electrons. The van der Waals surface area contributed by atoms with Crippen molar-refractivity contribution in [1.29, 1.82) is 0 Å². The van der Waals surface area contributed by atoms with Crippen LogP contribution in [0.1, 0.15) is 61.2 Å². The van der Waals surface area contributed by atoms with Gasteiger partial charge in [-0.3, -0.25) is 0 Å². The molecule has 14 aromatic carbocycles. The minimum atomic E-state index is 1.12. The van der Waals surface area contributed by atoms with Gasteiger partial charge in [-0.1, -0.05) is 202 Å². The maximum atomic E-state index is 2.31. The summed E-state index contributed by atoms with van der Waals surface area (Å²) in [6.45, 7) is 23.4. The first-order valence-electron chi connectivity index (χ1n) is 34.6. The Labute approximate surface area is 594 Å². The average Bonchev–Trinajstić information content (AvgIpc) is 0.798. The number of aryl methyl sites for hydroxylation is 11. The van der Waals surface area contributed by atoms with Gasteiger partial charge in [0.2, 0.25) is 0 Å². The Bertz CT molecular complexity index is 4390. The summed E-state index contributed by atoms with van der Waals surface area (Å²) in [6.07, 6.45) is 0. The summed E-state index contributed by atoms with van der Waals surface area (Å²) in [5.74, 6) is 0. The molecule has 0 atom stereocenters. The van der Waals surface area contributed by atoms with Gasteiger partial charge in [-0.15, -0.1) is 0 Å². The zero-order valence-electron chi connectivity index (χ0n) is 59.6. The Kier molecular flexibility index (Phi) is 21.4. The zero-order valence-corrected chi connectivity index (χ0v) is 59.6. The van der Waals surface area contributed by atoms with Crippen LogP contribution < -0.4 is 24.5 Å².